The van der Waals surface area contributed by atoms with Gasteiger partial charge in [0.15, 0.2) is 5.76 Å². The average Bonchev–Trinajstić information content (AvgIpc) is 3.32. The van der Waals surface area contributed by atoms with Gasteiger partial charge in [0.05, 0.1) is 12.2 Å². The standard InChI is InChI=1S/C19H20N4O2S/c1-14-11-16(25-21-14)12-22-7-9-23(10-8-22)19(24)17-13-26-18(20-17)15-5-3-2-4-6-15/h2-6,11,13H,7-10,12H2,1H3. The van der Waals surface area contributed by atoms with Gasteiger partial charge >= 0.3 is 0 Å². The van der Waals surface area contributed by atoms with E-state index < -0.39 is 0 Å². The summed E-state index contributed by atoms with van der Waals surface area (Å²) in [7, 11) is 0. The fraction of sp³-hybridized carbons (Fsp3) is 0.316. The van der Waals surface area contributed by atoms with Crippen molar-refractivity contribution in [1.29, 1.82) is 0 Å². The zero-order valence-electron chi connectivity index (χ0n) is 14.6. The van der Waals surface area contributed by atoms with Crippen molar-refractivity contribution in [2.24, 2.45) is 0 Å². The fourth-order valence-electron chi connectivity index (χ4n) is 3.07. The van der Waals surface area contributed by atoms with Crippen molar-refractivity contribution in [2.75, 3.05) is 26.2 Å². The zero-order chi connectivity index (χ0) is 17.9. The monoisotopic (exact) mass is 368 g/mol. The first-order valence-corrected chi connectivity index (χ1v) is 9.52. The minimum Gasteiger partial charge on any atom is -0.360 e. The molecule has 1 aliphatic heterocycles. The molecule has 0 bridgehead atoms. The Kier molecular flexibility index (Phi) is 4.81. The summed E-state index contributed by atoms with van der Waals surface area (Å²) in [5.74, 6) is 0.882. The molecule has 0 saturated carbocycles. The molecule has 2 aromatic heterocycles. The SMILES string of the molecule is Cc1cc(CN2CCN(C(=O)c3csc(-c4ccccc4)n3)CC2)on1. The number of carbonyl (C=O) groups excluding carboxylic acids is 1. The number of carbonyl (C=O) groups is 1. The van der Waals surface area contributed by atoms with Crippen LogP contribution in [-0.4, -0.2) is 52.0 Å². The second kappa shape index (κ2) is 7.39. The summed E-state index contributed by atoms with van der Waals surface area (Å²) in [6, 6.07) is 11.9. The van der Waals surface area contributed by atoms with Crippen LogP contribution in [0, 0.1) is 6.92 Å². The van der Waals surface area contributed by atoms with E-state index in [1.807, 2.05) is 53.6 Å². The Bertz CT molecular complexity index is 882. The molecule has 1 saturated heterocycles. The van der Waals surface area contributed by atoms with Crippen LogP contribution >= 0.6 is 11.3 Å². The minimum atomic E-state index is 0.0126. The van der Waals surface area contributed by atoms with Crippen LogP contribution in [-0.2, 0) is 6.54 Å². The van der Waals surface area contributed by atoms with Gasteiger partial charge in [0.1, 0.15) is 10.7 Å². The first-order valence-electron chi connectivity index (χ1n) is 8.64. The van der Waals surface area contributed by atoms with Gasteiger partial charge in [-0.2, -0.15) is 0 Å². The second-order valence-electron chi connectivity index (χ2n) is 6.41. The molecular formula is C19H20N4O2S. The highest BCUT2D eigenvalue weighted by molar-refractivity contribution is 7.13. The molecule has 1 fully saturated rings. The van der Waals surface area contributed by atoms with E-state index in [0.717, 1.165) is 41.7 Å². The summed E-state index contributed by atoms with van der Waals surface area (Å²) < 4.78 is 5.27. The van der Waals surface area contributed by atoms with Crippen LogP contribution in [0.1, 0.15) is 21.9 Å². The number of thiazole rings is 1. The molecule has 0 aliphatic carbocycles. The molecule has 26 heavy (non-hydrogen) atoms. The molecule has 7 heteroatoms. The summed E-state index contributed by atoms with van der Waals surface area (Å²) in [5, 5.41) is 6.66. The maximum atomic E-state index is 12.7. The molecule has 1 aliphatic rings. The zero-order valence-corrected chi connectivity index (χ0v) is 15.4. The maximum absolute atomic E-state index is 12.7. The molecule has 3 aromatic rings. The van der Waals surface area contributed by atoms with Crippen molar-refractivity contribution >= 4 is 17.2 Å². The Hall–Kier alpha value is -2.51. The highest BCUT2D eigenvalue weighted by Crippen LogP contribution is 2.24. The number of aryl methyl sites for hydroxylation is 1. The third-order valence-corrected chi connectivity index (χ3v) is 5.35. The highest BCUT2D eigenvalue weighted by Gasteiger charge is 2.24. The molecule has 3 heterocycles. The van der Waals surface area contributed by atoms with Gasteiger partial charge in [0.2, 0.25) is 0 Å². The molecule has 0 spiro atoms. The molecule has 134 valence electrons. The first-order chi connectivity index (χ1) is 12.7. The number of piperazine rings is 1. The summed E-state index contributed by atoms with van der Waals surface area (Å²) in [5.41, 5.74) is 2.48. The van der Waals surface area contributed by atoms with Crippen LogP contribution in [0.5, 0.6) is 0 Å². The van der Waals surface area contributed by atoms with Crippen molar-refractivity contribution < 1.29 is 9.32 Å². The van der Waals surface area contributed by atoms with Crippen molar-refractivity contribution in [3.63, 3.8) is 0 Å². The van der Waals surface area contributed by atoms with E-state index in [9.17, 15) is 4.79 Å². The Morgan fingerprint density at radius 2 is 1.96 bits per heavy atom. The molecule has 0 radical (unpaired) electrons. The lowest BCUT2D eigenvalue weighted by Crippen LogP contribution is -2.48. The molecule has 1 amide bonds. The first kappa shape index (κ1) is 16.9. The average molecular weight is 368 g/mol. The minimum absolute atomic E-state index is 0.0126. The topological polar surface area (TPSA) is 62.5 Å². The van der Waals surface area contributed by atoms with Gasteiger partial charge in [-0.3, -0.25) is 9.69 Å². The number of nitrogens with zero attached hydrogens (tertiary/aromatic N) is 4. The van der Waals surface area contributed by atoms with E-state index in [1.165, 1.54) is 11.3 Å². The smallest absolute Gasteiger partial charge is 0.273 e. The number of hydrogen-bond donors (Lipinski definition) is 0. The molecule has 1 aromatic carbocycles. The van der Waals surface area contributed by atoms with E-state index in [1.54, 1.807) is 0 Å². The van der Waals surface area contributed by atoms with Gasteiger partial charge in [-0.25, -0.2) is 4.98 Å². The number of aromatic nitrogens is 2. The lowest BCUT2D eigenvalue weighted by molar-refractivity contribution is 0.0612. The Balaban J connectivity index is 1.36. The molecule has 0 N–H and O–H groups in total. The van der Waals surface area contributed by atoms with Crippen molar-refractivity contribution in [1.82, 2.24) is 19.9 Å². The van der Waals surface area contributed by atoms with Crippen molar-refractivity contribution in [2.45, 2.75) is 13.5 Å². The van der Waals surface area contributed by atoms with Gasteiger partial charge in [0, 0.05) is 43.2 Å². The summed E-state index contributed by atoms with van der Waals surface area (Å²) >= 11 is 1.51. The van der Waals surface area contributed by atoms with Crippen molar-refractivity contribution in [3.05, 3.63) is 58.9 Å². The summed E-state index contributed by atoms with van der Waals surface area (Å²) in [6.45, 7) is 5.69. The van der Waals surface area contributed by atoms with Gasteiger partial charge < -0.3 is 9.42 Å². The van der Waals surface area contributed by atoms with E-state index in [-0.39, 0.29) is 5.91 Å². The van der Waals surface area contributed by atoms with E-state index in [4.69, 9.17) is 4.52 Å². The quantitative estimate of drug-likeness (QED) is 0.708. The molecule has 0 unspecified atom stereocenters. The summed E-state index contributed by atoms with van der Waals surface area (Å²) in [6.07, 6.45) is 0. The predicted molar refractivity (Wildman–Crippen MR) is 100.0 cm³/mol. The second-order valence-corrected chi connectivity index (χ2v) is 7.26. The lowest BCUT2D eigenvalue weighted by atomic mass is 10.2. The van der Waals surface area contributed by atoms with Crippen LogP contribution in [0.3, 0.4) is 0 Å². The predicted octanol–water partition coefficient (Wildman–Crippen LogP) is 3.06. The van der Waals surface area contributed by atoms with Crippen LogP contribution < -0.4 is 0 Å². The number of hydrogen-bond acceptors (Lipinski definition) is 6. The lowest BCUT2D eigenvalue weighted by Gasteiger charge is -2.33. The van der Waals surface area contributed by atoms with E-state index in [0.29, 0.717) is 18.8 Å². The third-order valence-electron chi connectivity index (χ3n) is 4.46. The summed E-state index contributed by atoms with van der Waals surface area (Å²) in [4.78, 5) is 21.4. The highest BCUT2D eigenvalue weighted by atomic mass is 32.1. The third kappa shape index (κ3) is 3.68. The Morgan fingerprint density at radius 1 is 1.19 bits per heavy atom. The Morgan fingerprint density at radius 3 is 2.65 bits per heavy atom. The normalized spacial score (nSPS) is 15.3. The largest absolute Gasteiger partial charge is 0.360 e. The molecule has 4 rings (SSSR count). The van der Waals surface area contributed by atoms with Crippen LogP contribution in [0.4, 0.5) is 0 Å². The Labute approximate surface area is 156 Å². The molecular weight excluding hydrogens is 348 g/mol. The maximum Gasteiger partial charge on any atom is 0.273 e. The number of amides is 1. The molecule has 0 atom stereocenters. The van der Waals surface area contributed by atoms with Gasteiger partial charge in [-0.15, -0.1) is 11.3 Å². The number of rotatable bonds is 4. The van der Waals surface area contributed by atoms with Gasteiger partial charge in [-0.1, -0.05) is 35.5 Å². The van der Waals surface area contributed by atoms with Crippen LogP contribution in [0.2, 0.25) is 0 Å². The fourth-order valence-corrected chi connectivity index (χ4v) is 3.87. The number of benzene rings is 1. The van der Waals surface area contributed by atoms with Crippen LogP contribution in [0.25, 0.3) is 10.6 Å². The van der Waals surface area contributed by atoms with E-state index >= 15 is 0 Å². The van der Waals surface area contributed by atoms with Crippen LogP contribution in [0.15, 0.2) is 46.3 Å². The van der Waals surface area contributed by atoms with Crippen molar-refractivity contribution in [3.8, 4) is 10.6 Å². The molecule has 6 nitrogen and oxygen atoms in total. The van der Waals surface area contributed by atoms with Gasteiger partial charge in [0.25, 0.3) is 5.91 Å². The van der Waals surface area contributed by atoms with Gasteiger partial charge in [-0.05, 0) is 6.92 Å². The van der Waals surface area contributed by atoms with E-state index in [2.05, 4.69) is 15.0 Å².